The molecule has 4 nitrogen and oxygen atoms in total. The molecule has 0 bridgehead atoms. The smallest absolute Gasteiger partial charge is 0.181 e. The lowest BCUT2D eigenvalue weighted by Gasteiger charge is -2.08. The van der Waals surface area contributed by atoms with Crippen LogP contribution in [0.15, 0.2) is 30.6 Å². The van der Waals surface area contributed by atoms with E-state index in [1.165, 1.54) is 0 Å². The first-order valence-electron chi connectivity index (χ1n) is 5.53. The fourth-order valence-corrected chi connectivity index (χ4v) is 1.78. The summed E-state index contributed by atoms with van der Waals surface area (Å²) in [5.74, 6) is 0.869. The Hall–Kier alpha value is -1.81. The van der Waals surface area contributed by atoms with Gasteiger partial charge >= 0.3 is 0 Å². The summed E-state index contributed by atoms with van der Waals surface area (Å²) in [5.41, 5.74) is 1.63. The normalized spacial score (nSPS) is 12.6. The molecule has 0 aromatic carbocycles. The minimum Gasteiger partial charge on any atom is -0.495 e. The lowest BCUT2D eigenvalue weighted by Crippen LogP contribution is -2.30. The van der Waals surface area contributed by atoms with Crippen LogP contribution in [0, 0.1) is 0 Å². The Bertz CT molecular complexity index is 545. The van der Waals surface area contributed by atoms with Crippen molar-refractivity contribution in [2.75, 3.05) is 14.2 Å². The van der Waals surface area contributed by atoms with Crippen LogP contribution in [0.4, 0.5) is 0 Å². The molecule has 2 aromatic rings. The zero-order valence-corrected chi connectivity index (χ0v) is 10.2. The molecular formula is C13H16N2O2. The van der Waals surface area contributed by atoms with E-state index in [2.05, 4.69) is 5.32 Å². The molecule has 0 saturated carbocycles. The number of methoxy groups -OCH3 is 1. The Labute approximate surface area is 100 Å². The maximum absolute atomic E-state index is 12.1. The Morgan fingerprint density at radius 3 is 2.82 bits per heavy atom. The summed E-state index contributed by atoms with van der Waals surface area (Å²) in [7, 11) is 3.41. The molecule has 1 N–H and O–H groups in total. The molecule has 0 radical (unpaired) electrons. The number of hydrogen-bond acceptors (Lipinski definition) is 3. The van der Waals surface area contributed by atoms with Gasteiger partial charge in [0.1, 0.15) is 5.75 Å². The number of ketones is 1. The van der Waals surface area contributed by atoms with Gasteiger partial charge in [0.05, 0.1) is 24.9 Å². The van der Waals surface area contributed by atoms with Crippen LogP contribution in [0.3, 0.4) is 0 Å². The third-order valence-electron chi connectivity index (χ3n) is 2.96. The van der Waals surface area contributed by atoms with Crippen LogP contribution < -0.4 is 10.1 Å². The van der Waals surface area contributed by atoms with Gasteiger partial charge in [-0.2, -0.15) is 0 Å². The van der Waals surface area contributed by atoms with Crippen molar-refractivity contribution in [1.29, 1.82) is 0 Å². The highest BCUT2D eigenvalue weighted by atomic mass is 16.5. The summed E-state index contributed by atoms with van der Waals surface area (Å²) in [6, 6.07) is 5.42. The number of ether oxygens (including phenoxy) is 1. The highest BCUT2D eigenvalue weighted by Crippen LogP contribution is 2.19. The van der Waals surface area contributed by atoms with E-state index in [4.69, 9.17) is 4.74 Å². The van der Waals surface area contributed by atoms with Crippen LogP contribution >= 0.6 is 0 Å². The van der Waals surface area contributed by atoms with Gasteiger partial charge in [-0.25, -0.2) is 0 Å². The zero-order chi connectivity index (χ0) is 12.4. The number of carbonyl (C=O) groups is 1. The molecule has 0 fully saturated rings. The molecule has 0 spiro atoms. The van der Waals surface area contributed by atoms with E-state index in [1.807, 2.05) is 41.9 Å². The Morgan fingerprint density at radius 2 is 2.18 bits per heavy atom. The van der Waals surface area contributed by atoms with Crippen LogP contribution in [0.1, 0.15) is 17.3 Å². The number of Topliss-reactive ketones (excluding diaryl/α,β-unsaturated/α-hetero) is 1. The van der Waals surface area contributed by atoms with Crippen molar-refractivity contribution < 1.29 is 9.53 Å². The van der Waals surface area contributed by atoms with Crippen molar-refractivity contribution in [3.05, 3.63) is 36.2 Å². The van der Waals surface area contributed by atoms with Gasteiger partial charge < -0.3 is 14.5 Å². The minimum absolute atomic E-state index is 0.0974. The third-order valence-corrected chi connectivity index (χ3v) is 2.96. The van der Waals surface area contributed by atoms with E-state index in [9.17, 15) is 4.79 Å². The van der Waals surface area contributed by atoms with Gasteiger partial charge in [0.25, 0.3) is 0 Å². The summed E-state index contributed by atoms with van der Waals surface area (Å²) < 4.78 is 7.04. The molecule has 1 atom stereocenters. The van der Waals surface area contributed by atoms with Crippen molar-refractivity contribution >= 4 is 11.3 Å². The van der Waals surface area contributed by atoms with Crippen LogP contribution in [0.25, 0.3) is 5.52 Å². The van der Waals surface area contributed by atoms with Gasteiger partial charge in [0.2, 0.25) is 0 Å². The SMILES string of the molecule is CNC(C)C(=O)c1ccn2cc(OC)ccc12. The number of pyridine rings is 1. The Balaban J connectivity index is 2.46. The van der Waals surface area contributed by atoms with Crippen molar-refractivity contribution in [1.82, 2.24) is 9.72 Å². The van der Waals surface area contributed by atoms with E-state index in [0.29, 0.717) is 0 Å². The quantitative estimate of drug-likeness (QED) is 0.816. The first-order valence-corrected chi connectivity index (χ1v) is 5.53. The second-order valence-corrected chi connectivity index (χ2v) is 3.97. The van der Waals surface area contributed by atoms with Gasteiger partial charge in [-0.05, 0) is 32.2 Å². The molecule has 0 aliphatic carbocycles. The molecule has 17 heavy (non-hydrogen) atoms. The maximum Gasteiger partial charge on any atom is 0.181 e. The van der Waals surface area contributed by atoms with E-state index in [0.717, 1.165) is 16.8 Å². The summed E-state index contributed by atoms with van der Waals surface area (Å²) in [6.45, 7) is 1.86. The van der Waals surface area contributed by atoms with E-state index < -0.39 is 0 Å². The molecule has 0 saturated heterocycles. The predicted molar refractivity (Wildman–Crippen MR) is 66.8 cm³/mol. The van der Waals surface area contributed by atoms with E-state index >= 15 is 0 Å². The van der Waals surface area contributed by atoms with Crippen molar-refractivity contribution in [3.8, 4) is 5.75 Å². The number of carbonyl (C=O) groups excluding carboxylic acids is 1. The van der Waals surface area contributed by atoms with E-state index in [1.54, 1.807) is 14.2 Å². The van der Waals surface area contributed by atoms with Crippen molar-refractivity contribution in [2.24, 2.45) is 0 Å². The molecule has 0 amide bonds. The van der Waals surface area contributed by atoms with Gasteiger partial charge in [-0.1, -0.05) is 0 Å². The third kappa shape index (κ3) is 2.03. The summed E-state index contributed by atoms with van der Waals surface area (Å²) in [5, 5.41) is 2.96. The number of aromatic nitrogens is 1. The summed E-state index contributed by atoms with van der Waals surface area (Å²) in [4.78, 5) is 12.1. The van der Waals surface area contributed by atoms with Crippen LogP contribution in [-0.2, 0) is 0 Å². The molecule has 2 heterocycles. The molecule has 2 rings (SSSR count). The molecule has 0 aliphatic rings. The summed E-state index contributed by atoms with van der Waals surface area (Å²) >= 11 is 0. The fourth-order valence-electron chi connectivity index (χ4n) is 1.78. The molecule has 1 unspecified atom stereocenters. The van der Waals surface area contributed by atoms with E-state index in [-0.39, 0.29) is 11.8 Å². The number of fused-ring (bicyclic) bond motifs is 1. The second-order valence-electron chi connectivity index (χ2n) is 3.97. The Kier molecular flexibility index (Phi) is 3.15. The topological polar surface area (TPSA) is 42.7 Å². The molecule has 90 valence electrons. The Morgan fingerprint density at radius 1 is 1.41 bits per heavy atom. The maximum atomic E-state index is 12.1. The lowest BCUT2D eigenvalue weighted by molar-refractivity contribution is 0.0957. The van der Waals surface area contributed by atoms with Crippen molar-refractivity contribution in [3.63, 3.8) is 0 Å². The highest BCUT2D eigenvalue weighted by molar-refractivity contribution is 6.05. The molecule has 4 heteroatoms. The molecule has 0 aliphatic heterocycles. The predicted octanol–water partition coefficient (Wildman–Crippen LogP) is 1.74. The zero-order valence-electron chi connectivity index (χ0n) is 10.2. The number of rotatable bonds is 4. The summed E-state index contributed by atoms with van der Waals surface area (Å²) in [6.07, 6.45) is 3.73. The standard InChI is InChI=1S/C13H16N2O2/c1-9(14-2)13(16)11-6-7-15-8-10(17-3)4-5-12(11)15/h4-9,14H,1-3H3. The fraction of sp³-hybridized carbons (Fsp3) is 0.308. The van der Waals surface area contributed by atoms with Crippen LogP contribution in [-0.4, -0.2) is 30.4 Å². The first-order chi connectivity index (χ1) is 8.17. The van der Waals surface area contributed by atoms with Crippen LogP contribution in [0.2, 0.25) is 0 Å². The number of nitrogens with zero attached hydrogens (tertiary/aromatic N) is 1. The van der Waals surface area contributed by atoms with Gasteiger partial charge in [-0.15, -0.1) is 0 Å². The molecule has 2 aromatic heterocycles. The average Bonchev–Trinajstić information content (AvgIpc) is 2.79. The van der Waals surface area contributed by atoms with Gasteiger partial charge in [0.15, 0.2) is 5.78 Å². The second kappa shape index (κ2) is 4.59. The largest absolute Gasteiger partial charge is 0.495 e. The number of likely N-dealkylation sites (N-methyl/N-ethyl adjacent to an activating group) is 1. The minimum atomic E-state index is -0.177. The lowest BCUT2D eigenvalue weighted by atomic mass is 10.1. The average molecular weight is 232 g/mol. The monoisotopic (exact) mass is 232 g/mol. The van der Waals surface area contributed by atoms with Gasteiger partial charge in [0, 0.05) is 11.8 Å². The van der Waals surface area contributed by atoms with Crippen molar-refractivity contribution in [2.45, 2.75) is 13.0 Å². The van der Waals surface area contributed by atoms with Crippen LogP contribution in [0.5, 0.6) is 5.75 Å². The highest BCUT2D eigenvalue weighted by Gasteiger charge is 2.16. The first kappa shape index (κ1) is 11.7. The van der Waals surface area contributed by atoms with Gasteiger partial charge in [-0.3, -0.25) is 4.79 Å². The number of hydrogen-bond donors (Lipinski definition) is 1. The number of nitrogens with one attached hydrogen (secondary N) is 1. The molecular weight excluding hydrogens is 216 g/mol.